The van der Waals surface area contributed by atoms with E-state index in [2.05, 4.69) is 181 Å². The predicted molar refractivity (Wildman–Crippen MR) is 361 cm³/mol. The van der Waals surface area contributed by atoms with E-state index in [0.717, 1.165) is 41.1 Å². The summed E-state index contributed by atoms with van der Waals surface area (Å²) in [5, 5.41) is 22.9. The Kier molecular flexibility index (Phi) is 23.1. The van der Waals surface area contributed by atoms with Crippen LogP contribution in [0.1, 0.15) is 203 Å². The molecular formula is C70H109B3BrN3O9. The van der Waals surface area contributed by atoms with Gasteiger partial charge in [-0.2, -0.15) is 0 Å². The van der Waals surface area contributed by atoms with E-state index in [1.165, 1.54) is 27.4 Å². The first-order valence-electron chi connectivity index (χ1n) is 32.9. The first-order chi connectivity index (χ1) is 40.5. The highest BCUT2D eigenvalue weighted by Gasteiger charge is 2.64. The molecule has 474 valence electrons. The summed E-state index contributed by atoms with van der Waals surface area (Å²) in [5.74, 6) is 5.04. The van der Waals surface area contributed by atoms with E-state index in [0.29, 0.717) is 70.9 Å². The molecule has 16 heteroatoms. The van der Waals surface area contributed by atoms with Gasteiger partial charge in [-0.1, -0.05) is 158 Å². The molecule has 5 fully saturated rings. The summed E-state index contributed by atoms with van der Waals surface area (Å²) in [4.78, 5) is 0. The Hall–Kier alpha value is -3.41. The van der Waals surface area contributed by atoms with Crippen molar-refractivity contribution in [2.24, 2.45) is 53.3 Å². The summed E-state index contributed by atoms with van der Waals surface area (Å²) in [6.07, 6.45) is 11.7. The number of fused-ring (bicyclic) bond motifs is 3. The molecule has 2 N–H and O–H groups in total. The van der Waals surface area contributed by atoms with E-state index in [1.54, 1.807) is 0 Å². The van der Waals surface area contributed by atoms with Crippen molar-refractivity contribution in [3.05, 3.63) is 101 Å². The number of hydrogen-bond acceptors (Lipinski definition) is 9. The molecule has 86 heavy (non-hydrogen) atoms. The number of rotatable bonds is 9. The van der Waals surface area contributed by atoms with Gasteiger partial charge in [-0.05, 0) is 162 Å². The molecule has 0 amide bonds. The van der Waals surface area contributed by atoms with Gasteiger partial charge in [-0.25, -0.2) is 0 Å². The lowest BCUT2D eigenvalue weighted by Crippen LogP contribution is -2.42. The topological polar surface area (TPSA) is 120 Å². The molecule has 3 aromatic heterocycles. The Bertz CT molecular complexity index is 3070. The van der Waals surface area contributed by atoms with Crippen LogP contribution < -0.4 is 5.46 Å². The Balaban J connectivity index is 0.000000163. The molecule has 0 bridgehead atoms. The number of hydrogen-bond donors (Lipinski definition) is 2. The van der Waals surface area contributed by atoms with Crippen LogP contribution in [-0.2, 0) is 39.2 Å². The van der Waals surface area contributed by atoms with Gasteiger partial charge in [-0.15, -0.1) is 0 Å². The number of aryl methyl sites for hydroxylation is 1. The maximum absolute atomic E-state index is 9.69. The van der Waals surface area contributed by atoms with Crippen LogP contribution in [0.15, 0.2) is 95.9 Å². The molecule has 5 aliphatic rings. The first-order valence-corrected chi connectivity index (χ1v) is 33.7. The summed E-state index contributed by atoms with van der Waals surface area (Å²) >= 11 is 3.69. The molecule has 12 nitrogen and oxygen atoms in total. The van der Waals surface area contributed by atoms with Gasteiger partial charge in [0.05, 0.1) is 51.7 Å². The molecule has 5 aliphatic heterocycles. The van der Waals surface area contributed by atoms with Crippen LogP contribution in [0.25, 0.3) is 32.7 Å². The zero-order chi connectivity index (χ0) is 63.7. The van der Waals surface area contributed by atoms with Gasteiger partial charge >= 0.3 is 21.1 Å². The average Bonchev–Trinajstić information content (AvgIpc) is 1.91. The maximum atomic E-state index is 9.69. The van der Waals surface area contributed by atoms with Gasteiger partial charge in [0.25, 0.3) is 0 Å². The van der Waals surface area contributed by atoms with Gasteiger partial charge in [0.1, 0.15) is 18.7 Å². The van der Waals surface area contributed by atoms with Crippen molar-refractivity contribution in [1.29, 1.82) is 0 Å². The van der Waals surface area contributed by atoms with Gasteiger partial charge in [-0.3, -0.25) is 0 Å². The van der Waals surface area contributed by atoms with Crippen LogP contribution >= 0.6 is 15.9 Å². The number of nitrogens with zero attached hydrogens (tertiary/aromatic N) is 3. The number of aromatic nitrogens is 3. The predicted octanol–water partition coefficient (Wildman–Crippen LogP) is 16.9. The molecule has 0 radical (unpaired) electrons. The van der Waals surface area contributed by atoms with Crippen molar-refractivity contribution in [2.75, 3.05) is 0 Å². The van der Waals surface area contributed by atoms with E-state index >= 15 is 0 Å². The molecule has 8 heterocycles. The van der Waals surface area contributed by atoms with E-state index in [4.69, 9.17) is 32.8 Å². The van der Waals surface area contributed by atoms with Crippen LogP contribution in [-0.4, -0.2) is 85.6 Å². The standard InChI is InChI=1S/C20H29NO.C18H26BNO3.C18H24BrNO.C12H24B2O4.C2H6/c1-6-16-12-21(18-11-9-8-10-17(16)18)20-15(5)13(3)14(4)19(7-2)22-20;1-5-17-12(3)11(2)13(4)18(23-17)20-10-15(19(21)22)14-8-6-7-9-16(14)20;1-5-17-12(3)11(2)13(4)18(21-17)20-10-15(19)14-8-6-7-9-16(14)20;1-9(2)10(3,4)16-13(15-9)14-17-11(5,6)12(7,8)18-14;1-2/h8-15,19-20H,6-7H2,1-5H3;6-13,17-18,21-22H,5H2,1-4H3;6-13,17-18H,5H2,1-4H3;1-8H3;1-2H3/t13-,14?,15+,19+,20+;2*11-,12?,13+,17+,18+;;/m000../s1. The van der Waals surface area contributed by atoms with Crippen molar-refractivity contribution in [3.63, 3.8) is 0 Å². The highest BCUT2D eigenvalue weighted by Crippen LogP contribution is 2.47. The summed E-state index contributed by atoms with van der Waals surface area (Å²) in [7, 11) is -2.43. The van der Waals surface area contributed by atoms with E-state index in [9.17, 15) is 10.0 Å². The second kappa shape index (κ2) is 28.4. The second-order valence-electron chi connectivity index (χ2n) is 27.6. The Labute approximate surface area is 528 Å². The van der Waals surface area contributed by atoms with Crippen molar-refractivity contribution in [2.45, 2.75) is 244 Å². The number of para-hydroxylation sites is 3. The lowest BCUT2D eigenvalue weighted by Gasteiger charge is -2.44. The molecule has 6 aromatic rings. The highest BCUT2D eigenvalue weighted by atomic mass is 79.9. The lowest BCUT2D eigenvalue weighted by atomic mass is 9.49. The maximum Gasteiger partial charge on any atom is 0.490 e. The van der Waals surface area contributed by atoms with Gasteiger partial charge in [0, 0.05) is 62.6 Å². The normalized spacial score (nSPS) is 31.7. The number of benzene rings is 3. The average molecular weight is 1250 g/mol. The molecule has 3 aromatic carbocycles. The Morgan fingerprint density at radius 1 is 0.430 bits per heavy atom. The van der Waals surface area contributed by atoms with E-state index in [-0.39, 0.29) is 47.2 Å². The summed E-state index contributed by atoms with van der Waals surface area (Å²) < 4.78 is 51.2. The Morgan fingerprint density at radius 3 is 1.08 bits per heavy atom. The van der Waals surface area contributed by atoms with Gasteiger partial charge in [0.2, 0.25) is 0 Å². The second-order valence-corrected chi connectivity index (χ2v) is 28.5. The highest BCUT2D eigenvalue weighted by molar-refractivity contribution is 9.10. The Morgan fingerprint density at radius 2 is 0.733 bits per heavy atom. The minimum atomic E-state index is -1.47. The largest absolute Gasteiger partial charge is 0.490 e. The van der Waals surface area contributed by atoms with E-state index < -0.39 is 21.1 Å². The SMILES string of the molecule is CC.CC1(C)OB(B2OC(C)(C)C(C)(C)O2)OC1(C)C.CC[C@H]1O[C@@H](n2cc(B(O)O)c3ccccc32)[C@H](C)[C@@H](C)C1C.CC[C@H]1O[C@@H](n2cc(Br)c3ccccc32)[C@H](C)[C@@H](C)C1C.CCc1cn([C@@H]2O[C@H](CC)C(C)[C@H](C)[C@H]2C)c2ccccc12. The molecule has 0 spiro atoms. The molecular weight excluding hydrogens is 1140 g/mol. The van der Waals surface area contributed by atoms with Crippen molar-refractivity contribution in [3.8, 4) is 0 Å². The fraction of sp³-hybridized carbons (Fsp3) is 0.657. The minimum Gasteiger partial charge on any atom is -0.423 e. The summed E-state index contributed by atoms with van der Waals surface area (Å²) in [5.41, 5.74) is 4.07. The smallest absolute Gasteiger partial charge is 0.423 e. The monoisotopic (exact) mass is 1250 g/mol. The minimum absolute atomic E-state index is 0.0800. The van der Waals surface area contributed by atoms with Crippen molar-refractivity contribution >= 4 is 75.2 Å². The molecule has 11 rings (SSSR count). The van der Waals surface area contributed by atoms with Crippen molar-refractivity contribution < 1.29 is 42.9 Å². The molecule has 0 aliphatic carbocycles. The molecule has 0 saturated carbocycles. The third-order valence-electron chi connectivity index (χ3n) is 21.8. The third kappa shape index (κ3) is 13.9. The van der Waals surface area contributed by atoms with Crippen LogP contribution in [0, 0.1) is 53.3 Å². The number of halogens is 1. The third-order valence-corrected chi connectivity index (χ3v) is 22.4. The van der Waals surface area contributed by atoms with E-state index in [1.807, 2.05) is 99.7 Å². The molecule has 15 atom stereocenters. The summed E-state index contributed by atoms with van der Waals surface area (Å²) in [6.45, 7) is 50.0. The van der Waals surface area contributed by atoms with Gasteiger partial charge in [0.15, 0.2) is 0 Å². The summed E-state index contributed by atoms with van der Waals surface area (Å²) in [6, 6.07) is 25.1. The zero-order valence-electron chi connectivity index (χ0n) is 56.9. The number of ether oxygens (including phenoxy) is 3. The van der Waals surface area contributed by atoms with Crippen LogP contribution in [0.3, 0.4) is 0 Å². The van der Waals surface area contributed by atoms with Gasteiger partial charge < -0.3 is 56.6 Å². The van der Waals surface area contributed by atoms with Crippen LogP contribution in [0.5, 0.6) is 0 Å². The van der Waals surface area contributed by atoms with Crippen LogP contribution in [0.4, 0.5) is 0 Å². The van der Waals surface area contributed by atoms with Crippen molar-refractivity contribution in [1.82, 2.24) is 13.7 Å². The lowest BCUT2D eigenvalue weighted by molar-refractivity contribution is -0.166. The fourth-order valence-corrected chi connectivity index (χ4v) is 14.2. The van der Waals surface area contributed by atoms with Crippen LogP contribution in [0.2, 0.25) is 0 Å². The zero-order valence-corrected chi connectivity index (χ0v) is 58.4. The first kappa shape index (κ1) is 70.1. The molecule has 3 unspecified atom stereocenters. The fourth-order valence-electron chi connectivity index (χ4n) is 13.7. The quantitative estimate of drug-likeness (QED) is 0.136. The molecule has 5 saturated heterocycles.